The average molecular weight is 227 g/mol. The maximum absolute atomic E-state index is 12.9. The van der Waals surface area contributed by atoms with Gasteiger partial charge in [0.05, 0.1) is 0 Å². The number of aryl methyl sites for hydroxylation is 1. The van der Waals surface area contributed by atoms with Gasteiger partial charge in [-0.1, -0.05) is 19.9 Å². The monoisotopic (exact) mass is 227 g/mol. The van der Waals surface area contributed by atoms with Gasteiger partial charge in [0.2, 0.25) is 0 Å². The van der Waals surface area contributed by atoms with Gasteiger partial charge in [-0.3, -0.25) is 0 Å². The van der Waals surface area contributed by atoms with E-state index in [1.807, 2.05) is 0 Å². The third kappa shape index (κ3) is 3.89. The van der Waals surface area contributed by atoms with Crippen LogP contribution in [0.5, 0.6) is 0 Å². The summed E-state index contributed by atoms with van der Waals surface area (Å²) in [4.78, 5) is 0. The van der Waals surface area contributed by atoms with Crippen molar-refractivity contribution in [1.29, 1.82) is 0 Å². The van der Waals surface area contributed by atoms with Crippen molar-refractivity contribution >= 4 is 0 Å². The maximum Gasteiger partial charge on any atom is 0.159 e. The molecule has 0 radical (unpaired) electrons. The minimum Gasteiger partial charge on any atom is -0.327 e. The number of halogens is 2. The van der Waals surface area contributed by atoms with E-state index in [1.165, 1.54) is 12.1 Å². The first-order valence-electron chi connectivity index (χ1n) is 5.70. The first-order chi connectivity index (χ1) is 7.50. The molecule has 0 spiro atoms. The van der Waals surface area contributed by atoms with E-state index in [0.717, 1.165) is 24.8 Å². The Morgan fingerprint density at radius 1 is 1.19 bits per heavy atom. The lowest BCUT2D eigenvalue weighted by atomic mass is 9.98. The van der Waals surface area contributed by atoms with Crippen molar-refractivity contribution in [2.24, 2.45) is 11.7 Å². The largest absolute Gasteiger partial charge is 0.327 e. The van der Waals surface area contributed by atoms with Crippen LogP contribution in [-0.4, -0.2) is 6.04 Å². The molecule has 0 fully saturated rings. The van der Waals surface area contributed by atoms with Crippen LogP contribution in [0.2, 0.25) is 0 Å². The van der Waals surface area contributed by atoms with Crippen molar-refractivity contribution < 1.29 is 8.78 Å². The average Bonchev–Trinajstić information content (AvgIpc) is 2.23. The molecule has 16 heavy (non-hydrogen) atoms. The molecular formula is C13H19F2N. The third-order valence-electron chi connectivity index (χ3n) is 2.84. The van der Waals surface area contributed by atoms with Crippen LogP contribution in [0.25, 0.3) is 0 Å². The van der Waals surface area contributed by atoms with E-state index in [-0.39, 0.29) is 6.04 Å². The Labute approximate surface area is 95.7 Å². The summed E-state index contributed by atoms with van der Waals surface area (Å²) in [5.41, 5.74) is 6.73. The van der Waals surface area contributed by atoms with E-state index in [1.54, 1.807) is 6.07 Å². The Kier molecular flexibility index (Phi) is 4.87. The minimum absolute atomic E-state index is 0.185. The fourth-order valence-corrected chi connectivity index (χ4v) is 1.57. The lowest BCUT2D eigenvalue weighted by molar-refractivity contribution is 0.451. The van der Waals surface area contributed by atoms with Crippen LogP contribution in [0.3, 0.4) is 0 Å². The van der Waals surface area contributed by atoms with Gasteiger partial charge in [-0.2, -0.15) is 0 Å². The normalized spacial score (nSPS) is 13.1. The Hall–Kier alpha value is -0.960. The fraction of sp³-hybridized carbons (Fsp3) is 0.538. The highest BCUT2D eigenvalue weighted by Gasteiger charge is 2.07. The van der Waals surface area contributed by atoms with Gasteiger partial charge in [0, 0.05) is 6.04 Å². The molecule has 3 heteroatoms. The standard InChI is InChI=1S/C13H19F2N/c1-9(2)13(16)5-3-4-10-6-7-11(14)12(15)8-10/h6-9,13H,3-5,16H2,1-2H3. The van der Waals surface area contributed by atoms with Crippen LogP contribution < -0.4 is 5.73 Å². The maximum atomic E-state index is 12.9. The van der Waals surface area contributed by atoms with Crippen molar-refractivity contribution in [2.75, 3.05) is 0 Å². The minimum atomic E-state index is -0.789. The van der Waals surface area contributed by atoms with Crippen molar-refractivity contribution in [3.63, 3.8) is 0 Å². The highest BCUT2D eigenvalue weighted by atomic mass is 19.2. The Morgan fingerprint density at radius 2 is 1.88 bits per heavy atom. The molecule has 1 aromatic rings. The molecule has 0 heterocycles. The quantitative estimate of drug-likeness (QED) is 0.820. The van der Waals surface area contributed by atoms with Crippen LogP contribution in [0.15, 0.2) is 18.2 Å². The Morgan fingerprint density at radius 3 is 2.44 bits per heavy atom. The fourth-order valence-electron chi connectivity index (χ4n) is 1.57. The summed E-state index contributed by atoms with van der Waals surface area (Å²) in [6.07, 6.45) is 2.57. The molecule has 1 rings (SSSR count). The van der Waals surface area contributed by atoms with Gasteiger partial charge in [0.1, 0.15) is 0 Å². The SMILES string of the molecule is CC(C)C(N)CCCc1ccc(F)c(F)c1. The Bertz CT molecular complexity index is 337. The van der Waals surface area contributed by atoms with Crippen LogP contribution in [0.4, 0.5) is 8.78 Å². The van der Waals surface area contributed by atoms with E-state index in [9.17, 15) is 8.78 Å². The second-order valence-electron chi connectivity index (χ2n) is 4.55. The molecule has 0 saturated heterocycles. The van der Waals surface area contributed by atoms with Crippen molar-refractivity contribution in [2.45, 2.75) is 39.2 Å². The zero-order valence-electron chi connectivity index (χ0n) is 9.84. The van der Waals surface area contributed by atoms with E-state index in [2.05, 4.69) is 13.8 Å². The molecule has 1 nitrogen and oxygen atoms in total. The number of benzene rings is 1. The zero-order valence-corrected chi connectivity index (χ0v) is 9.84. The van der Waals surface area contributed by atoms with E-state index >= 15 is 0 Å². The molecule has 0 aliphatic carbocycles. The van der Waals surface area contributed by atoms with E-state index in [4.69, 9.17) is 5.73 Å². The van der Waals surface area contributed by atoms with Gasteiger partial charge in [-0.25, -0.2) is 8.78 Å². The van der Waals surface area contributed by atoms with Crippen LogP contribution >= 0.6 is 0 Å². The molecular weight excluding hydrogens is 208 g/mol. The lowest BCUT2D eigenvalue weighted by Gasteiger charge is -2.14. The summed E-state index contributed by atoms with van der Waals surface area (Å²) in [5, 5.41) is 0. The molecule has 0 amide bonds. The molecule has 0 bridgehead atoms. The van der Waals surface area contributed by atoms with Crippen LogP contribution in [0, 0.1) is 17.6 Å². The number of rotatable bonds is 5. The third-order valence-corrected chi connectivity index (χ3v) is 2.84. The highest BCUT2D eigenvalue weighted by molar-refractivity contribution is 5.17. The van der Waals surface area contributed by atoms with Gasteiger partial charge < -0.3 is 5.73 Å². The molecule has 1 unspecified atom stereocenters. The first kappa shape index (κ1) is 13.1. The Balaban J connectivity index is 2.40. The van der Waals surface area contributed by atoms with Crippen LogP contribution in [-0.2, 0) is 6.42 Å². The second-order valence-corrected chi connectivity index (χ2v) is 4.55. The molecule has 1 aromatic carbocycles. The van der Waals surface area contributed by atoms with Crippen molar-refractivity contribution in [1.82, 2.24) is 0 Å². The molecule has 0 aliphatic rings. The summed E-state index contributed by atoms with van der Waals surface area (Å²) in [6.45, 7) is 4.17. The number of hydrogen-bond donors (Lipinski definition) is 1. The number of hydrogen-bond acceptors (Lipinski definition) is 1. The van der Waals surface area contributed by atoms with Crippen LogP contribution in [0.1, 0.15) is 32.3 Å². The molecule has 0 saturated carbocycles. The number of nitrogens with two attached hydrogens (primary N) is 1. The van der Waals surface area contributed by atoms with Gasteiger partial charge in [-0.05, 0) is 42.9 Å². The molecule has 0 aromatic heterocycles. The topological polar surface area (TPSA) is 26.0 Å². The molecule has 0 aliphatic heterocycles. The van der Waals surface area contributed by atoms with Crippen molar-refractivity contribution in [3.8, 4) is 0 Å². The zero-order chi connectivity index (χ0) is 12.1. The lowest BCUT2D eigenvalue weighted by Crippen LogP contribution is -2.26. The smallest absolute Gasteiger partial charge is 0.159 e. The molecule has 2 N–H and O–H groups in total. The summed E-state index contributed by atoms with van der Waals surface area (Å²) in [6, 6.07) is 4.24. The summed E-state index contributed by atoms with van der Waals surface area (Å²) in [5.74, 6) is -1.10. The molecule has 1 atom stereocenters. The van der Waals surface area contributed by atoms with Crippen molar-refractivity contribution in [3.05, 3.63) is 35.4 Å². The van der Waals surface area contributed by atoms with Gasteiger partial charge >= 0.3 is 0 Å². The highest BCUT2D eigenvalue weighted by Crippen LogP contribution is 2.13. The first-order valence-corrected chi connectivity index (χ1v) is 5.70. The predicted octanol–water partition coefficient (Wildman–Crippen LogP) is 3.27. The van der Waals surface area contributed by atoms with Gasteiger partial charge in [0.25, 0.3) is 0 Å². The molecule has 90 valence electrons. The van der Waals surface area contributed by atoms with Gasteiger partial charge in [-0.15, -0.1) is 0 Å². The summed E-state index contributed by atoms with van der Waals surface area (Å²) >= 11 is 0. The predicted molar refractivity (Wildman–Crippen MR) is 62.1 cm³/mol. The summed E-state index contributed by atoms with van der Waals surface area (Å²) < 4.78 is 25.6. The van der Waals surface area contributed by atoms with Gasteiger partial charge in [0.15, 0.2) is 11.6 Å². The van der Waals surface area contributed by atoms with E-state index in [0.29, 0.717) is 5.92 Å². The summed E-state index contributed by atoms with van der Waals surface area (Å²) in [7, 11) is 0. The van der Waals surface area contributed by atoms with E-state index < -0.39 is 11.6 Å². The second kappa shape index (κ2) is 5.94.